The van der Waals surface area contributed by atoms with Crippen LogP contribution >= 0.6 is 15.9 Å². The van der Waals surface area contributed by atoms with Crippen LogP contribution in [0.15, 0.2) is 27.6 Å². The Kier molecular flexibility index (Phi) is 3.87. The molecule has 0 radical (unpaired) electrons. The number of hydrogen-bond acceptors (Lipinski definition) is 3. The van der Waals surface area contributed by atoms with Crippen molar-refractivity contribution in [2.45, 2.75) is 36.2 Å². The highest BCUT2D eigenvalue weighted by atomic mass is 79.9. The molecule has 3 rings (SSSR count). The molecule has 2 bridgehead atoms. The van der Waals surface area contributed by atoms with Crippen LogP contribution in [0.5, 0.6) is 0 Å². The van der Waals surface area contributed by atoms with E-state index in [1.807, 2.05) is 0 Å². The molecule has 2 unspecified atom stereocenters. The summed E-state index contributed by atoms with van der Waals surface area (Å²) in [7, 11) is -3.58. The van der Waals surface area contributed by atoms with Crippen molar-refractivity contribution in [1.29, 1.82) is 0 Å². The van der Waals surface area contributed by atoms with Crippen molar-refractivity contribution >= 4 is 26.0 Å². The summed E-state index contributed by atoms with van der Waals surface area (Å²) in [6, 6.07) is 4.36. The summed E-state index contributed by atoms with van der Waals surface area (Å²) < 4.78 is 40.3. The quantitative estimate of drug-likeness (QED) is 0.876. The Balaban J connectivity index is 1.91. The van der Waals surface area contributed by atoms with E-state index in [1.54, 1.807) is 0 Å². The fraction of sp³-hybridized carbons (Fsp3) is 0.538. The van der Waals surface area contributed by atoms with Crippen molar-refractivity contribution in [3.8, 4) is 0 Å². The minimum atomic E-state index is -3.58. The van der Waals surface area contributed by atoms with Crippen LogP contribution in [-0.4, -0.2) is 37.9 Å². The van der Waals surface area contributed by atoms with Crippen LogP contribution in [-0.2, 0) is 10.0 Å². The average Bonchev–Trinajstić information content (AvgIpc) is 2.67. The van der Waals surface area contributed by atoms with Crippen molar-refractivity contribution in [1.82, 2.24) is 9.62 Å². The molecule has 0 amide bonds. The van der Waals surface area contributed by atoms with E-state index < -0.39 is 15.8 Å². The number of hydrogen-bond donors (Lipinski definition) is 1. The zero-order valence-corrected chi connectivity index (χ0v) is 13.3. The second-order valence-electron chi connectivity index (χ2n) is 5.36. The van der Waals surface area contributed by atoms with Gasteiger partial charge in [-0.15, -0.1) is 0 Å². The average molecular weight is 363 g/mol. The first kappa shape index (κ1) is 14.4. The van der Waals surface area contributed by atoms with E-state index in [2.05, 4.69) is 21.2 Å². The third kappa shape index (κ3) is 2.64. The maximum atomic E-state index is 13.1. The standard InChI is InChI=1S/C13H16BrFN2O2S/c14-12-7-9(15)1-4-13(12)20(18,19)17-6-5-10-2-3-11(8-17)16-10/h1,4,7,10-11,16H,2-3,5-6,8H2. The second kappa shape index (κ2) is 5.36. The summed E-state index contributed by atoms with van der Waals surface area (Å²) in [4.78, 5) is 0.136. The highest BCUT2D eigenvalue weighted by Gasteiger charge is 2.35. The number of benzene rings is 1. The number of nitrogens with zero attached hydrogens (tertiary/aromatic N) is 1. The molecule has 0 aliphatic carbocycles. The first-order chi connectivity index (χ1) is 9.46. The monoisotopic (exact) mass is 362 g/mol. The molecular weight excluding hydrogens is 347 g/mol. The molecule has 0 aromatic heterocycles. The van der Waals surface area contributed by atoms with Gasteiger partial charge in [0.05, 0.1) is 4.90 Å². The number of sulfonamides is 1. The zero-order chi connectivity index (χ0) is 14.3. The summed E-state index contributed by atoms with van der Waals surface area (Å²) in [6.45, 7) is 1.00. The van der Waals surface area contributed by atoms with Crippen molar-refractivity contribution in [3.63, 3.8) is 0 Å². The lowest BCUT2D eigenvalue weighted by molar-refractivity contribution is 0.383. The van der Waals surface area contributed by atoms with E-state index in [0.717, 1.165) is 19.3 Å². The molecule has 1 aromatic rings. The lowest BCUT2D eigenvalue weighted by Gasteiger charge is -2.24. The molecule has 1 aromatic carbocycles. The summed E-state index contributed by atoms with van der Waals surface area (Å²) in [5, 5.41) is 3.45. The van der Waals surface area contributed by atoms with Gasteiger partial charge in [0.15, 0.2) is 0 Å². The summed E-state index contributed by atoms with van der Waals surface area (Å²) >= 11 is 3.15. The molecule has 4 nitrogen and oxygen atoms in total. The van der Waals surface area contributed by atoms with Gasteiger partial charge in [-0.3, -0.25) is 0 Å². The molecule has 2 atom stereocenters. The van der Waals surface area contributed by atoms with Gasteiger partial charge in [0.2, 0.25) is 10.0 Å². The van der Waals surface area contributed by atoms with Gasteiger partial charge in [0.25, 0.3) is 0 Å². The predicted molar refractivity (Wildman–Crippen MR) is 77.4 cm³/mol. The second-order valence-corrected chi connectivity index (χ2v) is 8.13. The van der Waals surface area contributed by atoms with Gasteiger partial charge >= 0.3 is 0 Å². The van der Waals surface area contributed by atoms with Gasteiger partial charge < -0.3 is 5.32 Å². The first-order valence-corrected chi connectivity index (χ1v) is 8.91. The minimum absolute atomic E-state index is 0.136. The number of nitrogens with one attached hydrogen (secondary N) is 1. The Morgan fingerprint density at radius 1 is 1.25 bits per heavy atom. The largest absolute Gasteiger partial charge is 0.310 e. The summed E-state index contributed by atoms with van der Waals surface area (Å²) in [5.41, 5.74) is 0. The van der Waals surface area contributed by atoms with Gasteiger partial charge in [-0.2, -0.15) is 4.31 Å². The van der Waals surface area contributed by atoms with E-state index in [0.29, 0.717) is 19.1 Å². The lowest BCUT2D eigenvalue weighted by atomic mass is 10.1. The Hall–Kier alpha value is -0.500. The molecule has 1 N–H and O–H groups in total. The first-order valence-electron chi connectivity index (χ1n) is 6.68. The van der Waals surface area contributed by atoms with Crippen LogP contribution in [0.2, 0.25) is 0 Å². The molecular formula is C13H16BrFN2O2S. The van der Waals surface area contributed by atoms with Gasteiger partial charge in [0, 0.05) is 29.6 Å². The van der Waals surface area contributed by atoms with E-state index >= 15 is 0 Å². The topological polar surface area (TPSA) is 49.4 Å². The molecule has 0 saturated carbocycles. The van der Waals surface area contributed by atoms with Gasteiger partial charge in [-0.25, -0.2) is 12.8 Å². The van der Waals surface area contributed by atoms with Crippen molar-refractivity contribution < 1.29 is 12.8 Å². The van der Waals surface area contributed by atoms with Gasteiger partial charge in [0.1, 0.15) is 5.82 Å². The fourth-order valence-corrected chi connectivity index (χ4v) is 5.46. The molecule has 2 saturated heterocycles. The lowest BCUT2D eigenvalue weighted by Crippen LogP contribution is -2.39. The summed E-state index contributed by atoms with van der Waals surface area (Å²) in [5.74, 6) is -0.451. The highest BCUT2D eigenvalue weighted by molar-refractivity contribution is 9.10. The predicted octanol–water partition coefficient (Wildman–Crippen LogP) is 2.10. The molecule has 7 heteroatoms. The van der Waals surface area contributed by atoms with Crippen LogP contribution in [0.3, 0.4) is 0 Å². The SMILES string of the molecule is O=S(=O)(c1ccc(F)cc1Br)N1CCC2CCC(C1)N2. The van der Waals surface area contributed by atoms with Crippen LogP contribution < -0.4 is 5.32 Å². The van der Waals surface area contributed by atoms with Gasteiger partial charge in [-0.05, 0) is 53.4 Å². The van der Waals surface area contributed by atoms with Crippen LogP contribution in [0.1, 0.15) is 19.3 Å². The van der Waals surface area contributed by atoms with E-state index in [9.17, 15) is 12.8 Å². The molecule has 0 spiro atoms. The fourth-order valence-electron chi connectivity index (χ4n) is 2.95. The molecule has 20 heavy (non-hydrogen) atoms. The van der Waals surface area contributed by atoms with Gasteiger partial charge in [-0.1, -0.05) is 0 Å². The normalized spacial score (nSPS) is 27.5. The summed E-state index contributed by atoms with van der Waals surface area (Å²) in [6.07, 6.45) is 2.97. The molecule has 110 valence electrons. The minimum Gasteiger partial charge on any atom is -0.310 e. The number of rotatable bonds is 2. The third-order valence-electron chi connectivity index (χ3n) is 4.00. The number of halogens is 2. The van der Waals surface area contributed by atoms with E-state index in [4.69, 9.17) is 0 Å². The number of fused-ring (bicyclic) bond motifs is 2. The van der Waals surface area contributed by atoms with Crippen molar-refractivity contribution in [2.75, 3.05) is 13.1 Å². The van der Waals surface area contributed by atoms with E-state index in [-0.39, 0.29) is 15.4 Å². The molecule has 2 aliphatic heterocycles. The highest BCUT2D eigenvalue weighted by Crippen LogP contribution is 2.29. The molecule has 2 fully saturated rings. The molecule has 2 aliphatic rings. The Labute approximate surface area is 126 Å². The maximum Gasteiger partial charge on any atom is 0.244 e. The Morgan fingerprint density at radius 3 is 2.75 bits per heavy atom. The Morgan fingerprint density at radius 2 is 2.00 bits per heavy atom. The van der Waals surface area contributed by atoms with Crippen LogP contribution in [0, 0.1) is 5.82 Å². The smallest absolute Gasteiger partial charge is 0.244 e. The zero-order valence-electron chi connectivity index (χ0n) is 10.9. The van der Waals surface area contributed by atoms with Crippen molar-refractivity contribution in [3.05, 3.63) is 28.5 Å². The van der Waals surface area contributed by atoms with Crippen LogP contribution in [0.4, 0.5) is 4.39 Å². The maximum absolute atomic E-state index is 13.1. The molecule has 2 heterocycles. The third-order valence-corrected chi connectivity index (χ3v) is 6.84. The Bertz CT molecular complexity index is 623. The van der Waals surface area contributed by atoms with E-state index in [1.165, 1.54) is 22.5 Å². The van der Waals surface area contributed by atoms with Crippen molar-refractivity contribution in [2.24, 2.45) is 0 Å². The van der Waals surface area contributed by atoms with Crippen LogP contribution in [0.25, 0.3) is 0 Å².